The van der Waals surface area contributed by atoms with Crippen molar-refractivity contribution in [2.45, 2.75) is 25.7 Å². The zero-order chi connectivity index (χ0) is 11.2. The summed E-state index contributed by atoms with van der Waals surface area (Å²) >= 11 is 0. The zero-order valence-electron chi connectivity index (χ0n) is 9.74. The van der Waals surface area contributed by atoms with Gasteiger partial charge in [0.1, 0.15) is 0 Å². The van der Waals surface area contributed by atoms with Crippen LogP contribution in [-0.4, -0.2) is 37.1 Å². The predicted molar refractivity (Wildman–Crippen MR) is 61.9 cm³/mol. The Balaban J connectivity index is 1.75. The summed E-state index contributed by atoms with van der Waals surface area (Å²) in [5, 5.41) is 3.54. The average molecular weight is 223 g/mol. The Hall–Kier alpha value is -0.770. The summed E-state index contributed by atoms with van der Waals surface area (Å²) in [5.74, 6) is 1.54. The Kier molecular flexibility index (Phi) is 2.35. The molecule has 3 rings (SSSR count). The van der Waals surface area contributed by atoms with E-state index >= 15 is 0 Å². The number of rotatable bonds is 2. The number of likely N-dealkylation sites (tertiary alicyclic amines) is 1. The van der Waals surface area contributed by atoms with E-state index in [1.807, 2.05) is 4.90 Å². The first-order chi connectivity index (χ1) is 7.67. The van der Waals surface area contributed by atoms with E-state index in [4.69, 9.17) is 5.73 Å². The molecule has 4 heteroatoms. The van der Waals surface area contributed by atoms with Crippen molar-refractivity contribution < 1.29 is 4.79 Å². The number of nitrogens with zero attached hydrogens (tertiary/aromatic N) is 1. The Bertz CT molecular complexity index is 299. The van der Waals surface area contributed by atoms with Crippen molar-refractivity contribution in [1.82, 2.24) is 10.2 Å². The number of hydrogen-bond donors (Lipinski definition) is 2. The highest BCUT2D eigenvalue weighted by atomic mass is 16.2. The van der Waals surface area contributed by atoms with E-state index in [0.29, 0.717) is 11.3 Å². The van der Waals surface area contributed by atoms with Crippen molar-refractivity contribution in [3.05, 3.63) is 0 Å². The largest absolute Gasteiger partial charge is 0.351 e. The molecule has 3 fully saturated rings. The Morgan fingerprint density at radius 1 is 1.50 bits per heavy atom. The summed E-state index contributed by atoms with van der Waals surface area (Å²) < 4.78 is 0. The number of amides is 2. The van der Waals surface area contributed by atoms with Crippen molar-refractivity contribution in [3.63, 3.8) is 0 Å². The van der Waals surface area contributed by atoms with Gasteiger partial charge in [-0.15, -0.1) is 0 Å². The van der Waals surface area contributed by atoms with E-state index in [2.05, 4.69) is 5.32 Å². The first kappa shape index (κ1) is 10.4. The topological polar surface area (TPSA) is 58.4 Å². The maximum absolute atomic E-state index is 11.4. The van der Waals surface area contributed by atoms with Gasteiger partial charge in [-0.25, -0.2) is 4.79 Å². The number of hydrogen-bond acceptors (Lipinski definition) is 2. The first-order valence-corrected chi connectivity index (χ1v) is 6.42. The predicted octanol–water partition coefficient (Wildman–Crippen LogP) is 0.777. The molecule has 0 aromatic carbocycles. The van der Waals surface area contributed by atoms with Crippen molar-refractivity contribution in [3.8, 4) is 0 Å². The fourth-order valence-electron chi connectivity index (χ4n) is 3.65. The second-order valence-corrected chi connectivity index (χ2v) is 6.07. The molecule has 3 aliphatic rings. The second kappa shape index (κ2) is 3.62. The maximum atomic E-state index is 11.4. The van der Waals surface area contributed by atoms with Crippen LogP contribution in [0.2, 0.25) is 0 Å². The minimum Gasteiger partial charge on any atom is -0.351 e. The number of primary amides is 1. The van der Waals surface area contributed by atoms with E-state index in [1.165, 1.54) is 25.7 Å². The quantitative estimate of drug-likeness (QED) is 0.726. The molecule has 1 saturated carbocycles. The molecule has 1 aliphatic carbocycles. The fourth-order valence-corrected chi connectivity index (χ4v) is 3.65. The number of nitrogens with two attached hydrogens (primary N) is 1. The zero-order valence-corrected chi connectivity index (χ0v) is 9.74. The van der Waals surface area contributed by atoms with Crippen LogP contribution in [0, 0.1) is 17.3 Å². The number of fused-ring (bicyclic) bond motifs is 2. The summed E-state index contributed by atoms with van der Waals surface area (Å²) in [6.45, 7) is 3.86. The van der Waals surface area contributed by atoms with Crippen LogP contribution in [0.15, 0.2) is 0 Å². The molecule has 2 saturated heterocycles. The minimum absolute atomic E-state index is 0.230. The number of carbonyl (C=O) groups excluding carboxylic acids is 1. The third kappa shape index (κ3) is 1.90. The lowest BCUT2D eigenvalue weighted by molar-refractivity contribution is 0.0325. The molecule has 2 amide bonds. The molecule has 3 N–H and O–H groups in total. The van der Waals surface area contributed by atoms with Gasteiger partial charge in [0.25, 0.3) is 0 Å². The van der Waals surface area contributed by atoms with Gasteiger partial charge in [-0.1, -0.05) is 12.8 Å². The van der Waals surface area contributed by atoms with Crippen LogP contribution < -0.4 is 11.1 Å². The number of piperidine rings is 2. The smallest absolute Gasteiger partial charge is 0.314 e. The van der Waals surface area contributed by atoms with Gasteiger partial charge in [0.05, 0.1) is 0 Å². The Labute approximate surface area is 96.5 Å². The summed E-state index contributed by atoms with van der Waals surface area (Å²) in [6.07, 6.45) is 5.37. The third-order valence-corrected chi connectivity index (χ3v) is 4.39. The van der Waals surface area contributed by atoms with Crippen LogP contribution in [0.25, 0.3) is 0 Å². The highest BCUT2D eigenvalue weighted by molar-refractivity contribution is 5.72. The van der Waals surface area contributed by atoms with E-state index in [-0.39, 0.29) is 6.03 Å². The number of nitrogens with one attached hydrogen (secondary N) is 1. The van der Waals surface area contributed by atoms with Gasteiger partial charge in [-0.05, 0) is 31.2 Å². The maximum Gasteiger partial charge on any atom is 0.314 e. The molecule has 2 aliphatic heterocycles. The fraction of sp³-hybridized carbons (Fsp3) is 0.917. The summed E-state index contributed by atoms with van der Waals surface area (Å²) in [6, 6.07) is -0.230. The monoisotopic (exact) mass is 223 g/mol. The van der Waals surface area contributed by atoms with E-state index < -0.39 is 0 Å². The van der Waals surface area contributed by atoms with E-state index in [1.54, 1.807) is 0 Å². The van der Waals surface area contributed by atoms with Gasteiger partial charge in [-0.3, -0.25) is 0 Å². The molecule has 4 nitrogen and oxygen atoms in total. The van der Waals surface area contributed by atoms with Crippen LogP contribution in [0.5, 0.6) is 0 Å². The molecule has 0 aromatic rings. The van der Waals surface area contributed by atoms with Gasteiger partial charge >= 0.3 is 6.03 Å². The number of carbonyl (C=O) groups is 1. The van der Waals surface area contributed by atoms with Crippen LogP contribution >= 0.6 is 0 Å². The molecule has 2 unspecified atom stereocenters. The minimum atomic E-state index is -0.230. The van der Waals surface area contributed by atoms with Crippen molar-refractivity contribution in [2.24, 2.45) is 23.0 Å². The average Bonchev–Trinajstić information content (AvgIpc) is 3.00. The van der Waals surface area contributed by atoms with Gasteiger partial charge < -0.3 is 16.0 Å². The summed E-state index contributed by atoms with van der Waals surface area (Å²) in [4.78, 5) is 13.2. The molecule has 2 atom stereocenters. The molecular weight excluding hydrogens is 202 g/mol. The van der Waals surface area contributed by atoms with Gasteiger partial charge in [0, 0.05) is 25.0 Å². The van der Waals surface area contributed by atoms with Crippen molar-refractivity contribution in [1.29, 1.82) is 0 Å². The van der Waals surface area contributed by atoms with Gasteiger partial charge in [0.15, 0.2) is 0 Å². The molecule has 0 aromatic heterocycles. The van der Waals surface area contributed by atoms with Gasteiger partial charge in [-0.2, -0.15) is 0 Å². The lowest BCUT2D eigenvalue weighted by Crippen LogP contribution is -2.60. The van der Waals surface area contributed by atoms with Crippen LogP contribution in [0.1, 0.15) is 25.7 Å². The van der Waals surface area contributed by atoms with Crippen LogP contribution in [-0.2, 0) is 0 Å². The van der Waals surface area contributed by atoms with Crippen molar-refractivity contribution in [2.75, 3.05) is 26.2 Å². The standard InChI is InChI=1S/C12H21N3O/c13-11(16)15-6-10-4-12(8-15,7-14-5-10)3-9-1-2-9/h9-10,14H,1-8H2,(H2,13,16). The lowest BCUT2D eigenvalue weighted by Gasteiger charge is -2.50. The normalized spacial score (nSPS) is 38.5. The summed E-state index contributed by atoms with van der Waals surface area (Å²) in [7, 11) is 0. The van der Waals surface area contributed by atoms with Crippen molar-refractivity contribution >= 4 is 6.03 Å². The van der Waals surface area contributed by atoms with Crippen LogP contribution in [0.3, 0.4) is 0 Å². The van der Waals surface area contributed by atoms with Crippen LogP contribution in [0.4, 0.5) is 4.79 Å². The Morgan fingerprint density at radius 3 is 3.00 bits per heavy atom. The molecule has 0 spiro atoms. The van der Waals surface area contributed by atoms with Gasteiger partial charge in [0.2, 0.25) is 0 Å². The molecule has 2 bridgehead atoms. The number of urea groups is 1. The molecule has 90 valence electrons. The first-order valence-electron chi connectivity index (χ1n) is 6.42. The molecular formula is C12H21N3O. The highest BCUT2D eigenvalue weighted by Crippen LogP contribution is 2.46. The molecule has 0 radical (unpaired) electrons. The molecule has 16 heavy (non-hydrogen) atoms. The van der Waals surface area contributed by atoms with E-state index in [0.717, 1.165) is 32.1 Å². The molecule has 2 heterocycles. The summed E-state index contributed by atoms with van der Waals surface area (Å²) in [5.41, 5.74) is 5.77. The Morgan fingerprint density at radius 2 is 2.31 bits per heavy atom. The van der Waals surface area contributed by atoms with E-state index in [9.17, 15) is 4.79 Å². The lowest BCUT2D eigenvalue weighted by atomic mass is 9.69. The SMILES string of the molecule is NC(=O)N1CC2CNCC(CC3CC3)(C2)C1. The highest BCUT2D eigenvalue weighted by Gasteiger charge is 2.45. The second-order valence-electron chi connectivity index (χ2n) is 6.07. The third-order valence-electron chi connectivity index (χ3n) is 4.39.